The summed E-state index contributed by atoms with van der Waals surface area (Å²) in [5.74, 6) is 2.43. The van der Waals surface area contributed by atoms with Gasteiger partial charge in [0.15, 0.2) is 0 Å². The zero-order valence-electron chi connectivity index (χ0n) is 12.3. The third-order valence-electron chi connectivity index (χ3n) is 5.11. The molecule has 1 aromatic heterocycles. The van der Waals surface area contributed by atoms with Gasteiger partial charge in [0.05, 0.1) is 0 Å². The number of hydrogen-bond acceptors (Lipinski definition) is 2. The summed E-state index contributed by atoms with van der Waals surface area (Å²) < 4.78 is 0. The third-order valence-corrected chi connectivity index (χ3v) is 5.11. The molecule has 108 valence electrons. The van der Waals surface area contributed by atoms with Crippen molar-refractivity contribution in [3.05, 3.63) is 54.4 Å². The average Bonchev–Trinajstić information content (AvgIpc) is 2.55. The molecule has 1 aliphatic carbocycles. The Labute approximate surface area is 126 Å². The van der Waals surface area contributed by atoms with Gasteiger partial charge in [-0.05, 0) is 67.3 Å². The van der Waals surface area contributed by atoms with Gasteiger partial charge in [0.1, 0.15) is 0 Å². The maximum absolute atomic E-state index is 4.51. The minimum Gasteiger partial charge on any atom is -0.316 e. The number of hydrogen-bond donors (Lipinski definition) is 1. The molecule has 0 amide bonds. The third kappa shape index (κ3) is 2.73. The number of fused-ring (bicyclic) bond motifs is 2. The highest BCUT2D eigenvalue weighted by Crippen LogP contribution is 2.41. The van der Waals surface area contributed by atoms with Crippen LogP contribution >= 0.6 is 0 Å². The Bertz CT molecular complexity index is 596. The molecule has 1 aliphatic heterocycles. The molecule has 0 spiro atoms. The van der Waals surface area contributed by atoms with Gasteiger partial charge in [-0.15, -0.1) is 0 Å². The second-order valence-corrected chi connectivity index (χ2v) is 6.67. The van der Waals surface area contributed by atoms with Gasteiger partial charge >= 0.3 is 0 Å². The highest BCUT2D eigenvalue weighted by molar-refractivity contribution is 5.63. The molecule has 1 saturated carbocycles. The molecule has 2 heterocycles. The second kappa shape index (κ2) is 5.61. The van der Waals surface area contributed by atoms with Crippen molar-refractivity contribution < 1.29 is 0 Å². The molecule has 2 aromatic rings. The van der Waals surface area contributed by atoms with Crippen molar-refractivity contribution in [3.8, 4) is 11.1 Å². The minimum absolute atomic E-state index is 0.701. The first-order chi connectivity index (χ1) is 10.4. The van der Waals surface area contributed by atoms with Crippen molar-refractivity contribution in [2.24, 2.45) is 11.8 Å². The topological polar surface area (TPSA) is 24.9 Å². The first-order valence-corrected chi connectivity index (χ1v) is 8.09. The van der Waals surface area contributed by atoms with Crippen LogP contribution in [0, 0.1) is 11.8 Å². The standard InChI is InChI=1S/C19H22N2/c1-2-4-16(5-3-1)18-9-19(13-21-12-18)17-7-14-6-15(8-17)11-20-10-14/h1-5,9,12-15,17,20H,6-8,10-11H2. The van der Waals surface area contributed by atoms with Crippen molar-refractivity contribution in [1.82, 2.24) is 10.3 Å². The van der Waals surface area contributed by atoms with Crippen molar-refractivity contribution in [3.63, 3.8) is 0 Å². The fourth-order valence-electron chi connectivity index (χ4n) is 4.13. The molecule has 2 aliphatic rings. The fraction of sp³-hybridized carbons (Fsp3) is 0.421. The maximum Gasteiger partial charge on any atom is 0.0346 e. The van der Waals surface area contributed by atoms with Crippen LogP contribution in [0.3, 0.4) is 0 Å². The summed E-state index contributed by atoms with van der Waals surface area (Å²) in [6.45, 7) is 2.41. The van der Waals surface area contributed by atoms with Gasteiger partial charge in [-0.2, -0.15) is 0 Å². The molecular weight excluding hydrogens is 256 g/mol. The van der Waals surface area contributed by atoms with Crippen LogP contribution in [0.4, 0.5) is 0 Å². The molecule has 2 atom stereocenters. The number of rotatable bonds is 2. The van der Waals surface area contributed by atoms with E-state index in [2.05, 4.69) is 52.9 Å². The van der Waals surface area contributed by atoms with Crippen LogP contribution < -0.4 is 5.32 Å². The van der Waals surface area contributed by atoms with E-state index in [1.807, 2.05) is 6.20 Å². The summed E-state index contributed by atoms with van der Waals surface area (Å²) in [6, 6.07) is 13.0. The Balaban J connectivity index is 1.61. The normalized spacial score (nSPS) is 28.3. The average molecular weight is 278 g/mol. The van der Waals surface area contributed by atoms with Gasteiger partial charge in [-0.3, -0.25) is 4.98 Å². The van der Waals surface area contributed by atoms with E-state index in [0.717, 1.165) is 11.8 Å². The first-order valence-electron chi connectivity index (χ1n) is 8.09. The minimum atomic E-state index is 0.701. The highest BCUT2D eigenvalue weighted by atomic mass is 14.9. The van der Waals surface area contributed by atoms with E-state index in [1.165, 1.54) is 49.0 Å². The molecule has 0 radical (unpaired) electrons. The SMILES string of the molecule is c1ccc(-c2cncc(C3CC4CNCC(C4)C3)c2)cc1. The zero-order valence-corrected chi connectivity index (χ0v) is 12.3. The van der Waals surface area contributed by atoms with Crippen LogP contribution in [-0.2, 0) is 0 Å². The number of nitrogens with zero attached hydrogens (tertiary/aromatic N) is 1. The Morgan fingerprint density at radius 1 is 0.857 bits per heavy atom. The monoisotopic (exact) mass is 278 g/mol. The Hall–Kier alpha value is -1.67. The number of benzene rings is 1. The maximum atomic E-state index is 4.51. The Morgan fingerprint density at radius 3 is 2.38 bits per heavy atom. The smallest absolute Gasteiger partial charge is 0.0346 e. The molecule has 2 fully saturated rings. The lowest BCUT2D eigenvalue weighted by molar-refractivity contribution is 0.186. The Kier molecular flexibility index (Phi) is 3.48. The molecule has 2 nitrogen and oxygen atoms in total. The predicted octanol–water partition coefficient (Wildman–Crippen LogP) is 3.85. The highest BCUT2D eigenvalue weighted by Gasteiger charge is 2.32. The van der Waals surface area contributed by atoms with Crippen molar-refractivity contribution in [1.29, 1.82) is 0 Å². The van der Waals surface area contributed by atoms with Gasteiger partial charge in [-0.25, -0.2) is 0 Å². The van der Waals surface area contributed by atoms with Crippen LogP contribution in [0.15, 0.2) is 48.8 Å². The molecule has 2 bridgehead atoms. The summed E-state index contributed by atoms with van der Waals surface area (Å²) >= 11 is 0. The number of aromatic nitrogens is 1. The van der Waals surface area contributed by atoms with E-state index in [-0.39, 0.29) is 0 Å². The van der Waals surface area contributed by atoms with Crippen molar-refractivity contribution >= 4 is 0 Å². The van der Waals surface area contributed by atoms with Gasteiger partial charge in [0, 0.05) is 18.0 Å². The molecule has 1 N–H and O–H groups in total. The molecule has 2 heteroatoms. The lowest BCUT2D eigenvalue weighted by atomic mass is 9.71. The zero-order chi connectivity index (χ0) is 14.1. The van der Waals surface area contributed by atoms with E-state index in [0.29, 0.717) is 5.92 Å². The van der Waals surface area contributed by atoms with Gasteiger partial charge in [0.25, 0.3) is 0 Å². The first kappa shape index (κ1) is 13.0. The predicted molar refractivity (Wildman–Crippen MR) is 86.1 cm³/mol. The molecule has 1 aromatic carbocycles. The Morgan fingerprint density at radius 2 is 1.62 bits per heavy atom. The van der Waals surface area contributed by atoms with Crippen LogP contribution in [0.25, 0.3) is 11.1 Å². The van der Waals surface area contributed by atoms with Crippen LogP contribution in [0.2, 0.25) is 0 Å². The number of nitrogens with one attached hydrogen (secondary N) is 1. The van der Waals surface area contributed by atoms with Crippen LogP contribution in [-0.4, -0.2) is 18.1 Å². The van der Waals surface area contributed by atoms with E-state index >= 15 is 0 Å². The summed E-state index contributed by atoms with van der Waals surface area (Å²) in [6.07, 6.45) is 8.15. The van der Waals surface area contributed by atoms with Gasteiger partial charge in [0.2, 0.25) is 0 Å². The van der Waals surface area contributed by atoms with Gasteiger partial charge in [-0.1, -0.05) is 30.3 Å². The lowest BCUT2D eigenvalue weighted by Gasteiger charge is -2.39. The fourth-order valence-corrected chi connectivity index (χ4v) is 4.13. The molecule has 4 rings (SSSR count). The summed E-state index contributed by atoms with van der Waals surface area (Å²) in [5, 5.41) is 3.58. The molecule has 1 saturated heterocycles. The van der Waals surface area contributed by atoms with Crippen molar-refractivity contribution in [2.45, 2.75) is 25.2 Å². The number of piperidine rings is 1. The van der Waals surface area contributed by atoms with E-state index in [1.54, 1.807) is 0 Å². The largest absolute Gasteiger partial charge is 0.316 e. The molecule has 2 unspecified atom stereocenters. The number of pyridine rings is 1. The van der Waals surface area contributed by atoms with E-state index in [9.17, 15) is 0 Å². The van der Waals surface area contributed by atoms with Crippen LogP contribution in [0.5, 0.6) is 0 Å². The van der Waals surface area contributed by atoms with E-state index < -0.39 is 0 Å². The summed E-state index contributed by atoms with van der Waals surface area (Å²) in [4.78, 5) is 4.51. The van der Waals surface area contributed by atoms with E-state index in [4.69, 9.17) is 0 Å². The summed E-state index contributed by atoms with van der Waals surface area (Å²) in [5.41, 5.74) is 3.96. The van der Waals surface area contributed by atoms with Crippen LogP contribution in [0.1, 0.15) is 30.7 Å². The second-order valence-electron chi connectivity index (χ2n) is 6.67. The quantitative estimate of drug-likeness (QED) is 0.902. The molecular formula is C19H22N2. The van der Waals surface area contributed by atoms with Crippen molar-refractivity contribution in [2.75, 3.05) is 13.1 Å². The van der Waals surface area contributed by atoms with Gasteiger partial charge < -0.3 is 5.32 Å². The molecule has 21 heavy (non-hydrogen) atoms. The lowest BCUT2D eigenvalue weighted by Crippen LogP contribution is -2.40. The summed E-state index contributed by atoms with van der Waals surface area (Å²) in [7, 11) is 0.